The summed E-state index contributed by atoms with van der Waals surface area (Å²) in [5.41, 5.74) is 0.671. The van der Waals surface area contributed by atoms with Gasteiger partial charge in [-0.1, -0.05) is 0 Å². The van der Waals surface area contributed by atoms with E-state index in [9.17, 15) is 14.7 Å². The van der Waals surface area contributed by atoms with Crippen molar-refractivity contribution in [3.05, 3.63) is 23.8 Å². The zero-order chi connectivity index (χ0) is 16.3. The molecular weight excluding hydrogens is 286 g/mol. The fourth-order valence-electron chi connectivity index (χ4n) is 3.04. The quantitative estimate of drug-likeness (QED) is 0.901. The van der Waals surface area contributed by atoms with Crippen molar-refractivity contribution in [2.75, 3.05) is 20.8 Å². The number of nitrogens with zero attached hydrogens (tertiary/aromatic N) is 1. The number of likely N-dealkylation sites (tertiary alicyclic amines) is 1. The first-order chi connectivity index (χ1) is 10.5. The Morgan fingerprint density at radius 3 is 2.64 bits per heavy atom. The minimum Gasteiger partial charge on any atom is -0.497 e. The number of rotatable bonds is 5. The highest BCUT2D eigenvalue weighted by Crippen LogP contribution is 2.41. The fourth-order valence-corrected chi connectivity index (χ4v) is 3.04. The minimum atomic E-state index is -0.902. The number of hydrogen-bond acceptors (Lipinski definition) is 4. The Morgan fingerprint density at radius 2 is 2.09 bits per heavy atom. The third kappa shape index (κ3) is 2.86. The number of carbonyl (C=O) groups is 2. The molecule has 1 fully saturated rings. The molecule has 0 unspecified atom stereocenters. The van der Waals surface area contributed by atoms with E-state index in [-0.39, 0.29) is 12.3 Å². The largest absolute Gasteiger partial charge is 0.497 e. The molecule has 2 rings (SSSR count). The van der Waals surface area contributed by atoms with Crippen LogP contribution in [0.4, 0.5) is 0 Å². The van der Waals surface area contributed by atoms with Crippen LogP contribution in [-0.2, 0) is 9.59 Å². The lowest BCUT2D eigenvalue weighted by Crippen LogP contribution is -2.45. The van der Waals surface area contributed by atoms with Crippen LogP contribution in [0, 0.1) is 5.92 Å². The van der Waals surface area contributed by atoms with Gasteiger partial charge in [0.2, 0.25) is 5.91 Å². The number of hydrogen-bond donors (Lipinski definition) is 1. The minimum absolute atomic E-state index is 0.0325. The zero-order valence-electron chi connectivity index (χ0n) is 13.0. The molecule has 1 aromatic rings. The standard InChI is InChI=1S/C16H21NO5/c1-4-17-14(18)8-6-11(16(19)20)15(17)12-9-10(21-2)5-7-13(12)22-3/h5,7,9,11,15H,4,6,8H2,1-3H3,(H,19,20)/t11-,15-/m1/s1. The lowest BCUT2D eigenvalue weighted by atomic mass is 9.84. The molecular formula is C16H21NO5. The number of piperidine rings is 1. The first kappa shape index (κ1) is 16.1. The highest BCUT2D eigenvalue weighted by atomic mass is 16.5. The van der Waals surface area contributed by atoms with Crippen molar-refractivity contribution in [3.63, 3.8) is 0 Å². The summed E-state index contributed by atoms with van der Waals surface area (Å²) >= 11 is 0. The summed E-state index contributed by atoms with van der Waals surface area (Å²) in [6, 6.07) is 4.69. The van der Waals surface area contributed by atoms with Crippen molar-refractivity contribution in [2.45, 2.75) is 25.8 Å². The highest BCUT2D eigenvalue weighted by Gasteiger charge is 2.41. The summed E-state index contributed by atoms with van der Waals surface area (Å²) in [4.78, 5) is 25.5. The number of carbonyl (C=O) groups excluding carboxylic acids is 1. The Balaban J connectivity index is 2.56. The maximum atomic E-state index is 12.2. The molecule has 1 saturated heterocycles. The number of aliphatic carboxylic acids is 1. The van der Waals surface area contributed by atoms with Crippen LogP contribution in [0.25, 0.3) is 0 Å². The number of amides is 1. The van der Waals surface area contributed by atoms with Crippen molar-refractivity contribution in [1.82, 2.24) is 4.90 Å². The van der Waals surface area contributed by atoms with Gasteiger partial charge in [-0.25, -0.2) is 0 Å². The SMILES string of the molecule is CCN1C(=O)CC[C@@H](C(=O)O)[C@@H]1c1cc(OC)ccc1OC. The van der Waals surface area contributed by atoms with Gasteiger partial charge in [-0.05, 0) is 31.5 Å². The van der Waals surface area contributed by atoms with E-state index >= 15 is 0 Å². The molecule has 1 heterocycles. The van der Waals surface area contributed by atoms with Crippen LogP contribution in [0.1, 0.15) is 31.4 Å². The second kappa shape index (κ2) is 6.68. The number of ether oxygens (including phenoxy) is 2. The van der Waals surface area contributed by atoms with Crippen LogP contribution >= 0.6 is 0 Å². The molecule has 6 heteroatoms. The molecule has 0 spiro atoms. The molecule has 22 heavy (non-hydrogen) atoms. The Labute approximate surface area is 129 Å². The summed E-state index contributed by atoms with van der Waals surface area (Å²) in [7, 11) is 3.08. The first-order valence-corrected chi connectivity index (χ1v) is 7.27. The highest BCUT2D eigenvalue weighted by molar-refractivity contribution is 5.82. The molecule has 6 nitrogen and oxygen atoms in total. The van der Waals surface area contributed by atoms with Gasteiger partial charge in [0, 0.05) is 18.5 Å². The second-order valence-electron chi connectivity index (χ2n) is 5.22. The maximum Gasteiger partial charge on any atom is 0.308 e. The van der Waals surface area contributed by atoms with E-state index in [1.54, 1.807) is 30.2 Å². The summed E-state index contributed by atoms with van der Waals surface area (Å²) in [5, 5.41) is 9.55. The van der Waals surface area contributed by atoms with Gasteiger partial charge in [0.1, 0.15) is 11.5 Å². The zero-order valence-corrected chi connectivity index (χ0v) is 13.0. The second-order valence-corrected chi connectivity index (χ2v) is 5.22. The summed E-state index contributed by atoms with van der Waals surface area (Å²) in [6.07, 6.45) is 0.587. The molecule has 1 aromatic carbocycles. The van der Waals surface area contributed by atoms with Gasteiger partial charge in [0.15, 0.2) is 0 Å². The Hall–Kier alpha value is -2.24. The van der Waals surface area contributed by atoms with Crippen molar-refractivity contribution < 1.29 is 24.2 Å². The van der Waals surface area contributed by atoms with Crippen molar-refractivity contribution in [2.24, 2.45) is 5.92 Å². The molecule has 0 aliphatic carbocycles. The molecule has 2 atom stereocenters. The van der Waals surface area contributed by atoms with Gasteiger partial charge in [-0.3, -0.25) is 9.59 Å². The van der Waals surface area contributed by atoms with Crippen molar-refractivity contribution in [1.29, 1.82) is 0 Å². The predicted molar refractivity (Wildman–Crippen MR) is 80.0 cm³/mol. The number of carboxylic acids is 1. The monoisotopic (exact) mass is 307 g/mol. The molecule has 0 aromatic heterocycles. The smallest absolute Gasteiger partial charge is 0.308 e. The topological polar surface area (TPSA) is 76.1 Å². The normalized spacial score (nSPS) is 21.6. The summed E-state index contributed by atoms with van der Waals surface area (Å²) < 4.78 is 10.6. The van der Waals surface area contributed by atoms with Crippen LogP contribution in [-0.4, -0.2) is 42.6 Å². The van der Waals surface area contributed by atoms with Crippen LogP contribution in [0.2, 0.25) is 0 Å². The number of benzene rings is 1. The van der Waals surface area contributed by atoms with Crippen LogP contribution in [0.3, 0.4) is 0 Å². The average molecular weight is 307 g/mol. The van der Waals surface area contributed by atoms with Crippen LogP contribution < -0.4 is 9.47 Å². The van der Waals surface area contributed by atoms with E-state index in [2.05, 4.69) is 0 Å². The lowest BCUT2D eigenvalue weighted by Gasteiger charge is -2.39. The third-order valence-corrected chi connectivity index (χ3v) is 4.12. The first-order valence-electron chi connectivity index (χ1n) is 7.27. The van der Waals surface area contributed by atoms with Crippen molar-refractivity contribution in [3.8, 4) is 11.5 Å². The molecule has 0 bridgehead atoms. The fraction of sp³-hybridized carbons (Fsp3) is 0.500. The van der Waals surface area contributed by atoms with E-state index in [0.717, 1.165) is 0 Å². The van der Waals surface area contributed by atoms with E-state index in [1.807, 2.05) is 6.92 Å². The maximum absolute atomic E-state index is 12.2. The summed E-state index contributed by atoms with van der Waals surface area (Å²) in [5.74, 6) is -0.423. The van der Waals surface area contributed by atoms with Crippen molar-refractivity contribution >= 4 is 11.9 Å². The van der Waals surface area contributed by atoms with E-state index in [1.165, 1.54) is 7.11 Å². The number of carboxylic acid groups (broad SMARTS) is 1. The average Bonchev–Trinajstić information content (AvgIpc) is 2.53. The lowest BCUT2D eigenvalue weighted by molar-refractivity contribution is -0.151. The van der Waals surface area contributed by atoms with E-state index in [4.69, 9.17) is 9.47 Å². The Kier molecular flexibility index (Phi) is 4.90. The predicted octanol–water partition coefficient (Wildman–Crippen LogP) is 2.09. The van der Waals surface area contributed by atoms with Crippen LogP contribution in [0.15, 0.2) is 18.2 Å². The van der Waals surface area contributed by atoms with E-state index < -0.39 is 17.9 Å². The molecule has 0 radical (unpaired) electrons. The van der Waals surface area contributed by atoms with Gasteiger partial charge in [0.25, 0.3) is 0 Å². The molecule has 120 valence electrons. The molecule has 1 aliphatic rings. The van der Waals surface area contributed by atoms with Crippen LogP contribution in [0.5, 0.6) is 11.5 Å². The van der Waals surface area contributed by atoms with E-state index in [0.29, 0.717) is 30.0 Å². The Morgan fingerprint density at radius 1 is 1.36 bits per heavy atom. The summed E-state index contributed by atoms with van der Waals surface area (Å²) in [6.45, 7) is 2.30. The Bertz CT molecular complexity index is 570. The molecule has 1 amide bonds. The molecule has 1 aliphatic heterocycles. The van der Waals surface area contributed by atoms with Gasteiger partial charge < -0.3 is 19.5 Å². The molecule has 1 N–H and O–H groups in total. The number of methoxy groups -OCH3 is 2. The van der Waals surface area contributed by atoms with Gasteiger partial charge in [-0.15, -0.1) is 0 Å². The third-order valence-electron chi connectivity index (χ3n) is 4.12. The van der Waals surface area contributed by atoms with Gasteiger partial charge >= 0.3 is 5.97 Å². The van der Waals surface area contributed by atoms with Gasteiger partial charge in [0.05, 0.1) is 26.2 Å². The molecule has 0 saturated carbocycles. The van der Waals surface area contributed by atoms with Gasteiger partial charge in [-0.2, -0.15) is 0 Å².